The normalized spacial score (nSPS) is 10.3. The summed E-state index contributed by atoms with van der Waals surface area (Å²) in [6.45, 7) is 0.174. The molecule has 1 amide bonds. The lowest BCUT2D eigenvalue weighted by molar-refractivity contribution is 0.0684. The summed E-state index contributed by atoms with van der Waals surface area (Å²) in [6, 6.07) is 5.65. The van der Waals surface area contributed by atoms with E-state index >= 15 is 0 Å². The minimum atomic E-state index is -1.27. The molecule has 0 unspecified atom stereocenters. The minimum absolute atomic E-state index is 0.0119. The Morgan fingerprint density at radius 2 is 2.00 bits per heavy atom. The van der Waals surface area contributed by atoms with Crippen LogP contribution in [-0.4, -0.2) is 26.8 Å². The van der Waals surface area contributed by atoms with Crippen LogP contribution < -0.4 is 5.32 Å². The summed E-state index contributed by atoms with van der Waals surface area (Å²) in [5.74, 6) is -2.17. The average molecular weight is 277 g/mol. The standard InChI is InChI=1S/C13H12FN3O3/c1-17-7-10(11(16-17)13(19)20)12(18)15-6-8-2-4-9(14)5-3-8/h2-5,7H,6H2,1H3,(H,15,18)(H,19,20). The van der Waals surface area contributed by atoms with Crippen LogP contribution in [0.4, 0.5) is 4.39 Å². The maximum absolute atomic E-state index is 12.7. The van der Waals surface area contributed by atoms with E-state index in [-0.39, 0.29) is 23.6 Å². The van der Waals surface area contributed by atoms with E-state index in [1.807, 2.05) is 0 Å². The maximum atomic E-state index is 12.7. The smallest absolute Gasteiger partial charge is 0.357 e. The van der Waals surface area contributed by atoms with Crippen molar-refractivity contribution in [2.24, 2.45) is 7.05 Å². The van der Waals surface area contributed by atoms with Crippen molar-refractivity contribution in [3.8, 4) is 0 Å². The third-order valence-corrected chi connectivity index (χ3v) is 2.64. The molecule has 20 heavy (non-hydrogen) atoms. The molecule has 1 aromatic heterocycles. The van der Waals surface area contributed by atoms with E-state index in [1.165, 1.54) is 42.2 Å². The molecule has 0 saturated heterocycles. The van der Waals surface area contributed by atoms with Crippen LogP contribution in [0.3, 0.4) is 0 Å². The molecule has 0 aliphatic heterocycles. The van der Waals surface area contributed by atoms with Gasteiger partial charge < -0.3 is 10.4 Å². The highest BCUT2D eigenvalue weighted by Gasteiger charge is 2.20. The van der Waals surface area contributed by atoms with Crippen LogP contribution in [0.25, 0.3) is 0 Å². The Kier molecular flexibility index (Phi) is 3.79. The number of halogens is 1. The molecule has 1 aromatic carbocycles. The summed E-state index contributed by atoms with van der Waals surface area (Å²) in [5.41, 5.74) is 0.395. The van der Waals surface area contributed by atoms with Gasteiger partial charge in [0.1, 0.15) is 5.82 Å². The highest BCUT2D eigenvalue weighted by atomic mass is 19.1. The molecule has 0 spiro atoms. The largest absolute Gasteiger partial charge is 0.476 e. The molecule has 7 heteroatoms. The summed E-state index contributed by atoms with van der Waals surface area (Å²) in [5, 5.41) is 15.2. The highest BCUT2D eigenvalue weighted by Crippen LogP contribution is 2.07. The van der Waals surface area contributed by atoms with Gasteiger partial charge in [0.05, 0.1) is 5.56 Å². The Morgan fingerprint density at radius 3 is 2.60 bits per heavy atom. The van der Waals surface area contributed by atoms with Crippen LogP contribution in [0.1, 0.15) is 26.4 Å². The summed E-state index contributed by atoms with van der Waals surface area (Å²) < 4.78 is 14.0. The summed E-state index contributed by atoms with van der Waals surface area (Å²) in [7, 11) is 1.53. The number of nitrogens with one attached hydrogen (secondary N) is 1. The second kappa shape index (κ2) is 5.52. The number of carboxylic acids is 1. The van der Waals surface area contributed by atoms with Gasteiger partial charge in [0.15, 0.2) is 5.69 Å². The number of carbonyl (C=O) groups excluding carboxylic acids is 1. The summed E-state index contributed by atoms with van der Waals surface area (Å²) >= 11 is 0. The molecular formula is C13H12FN3O3. The maximum Gasteiger partial charge on any atom is 0.357 e. The van der Waals surface area contributed by atoms with Gasteiger partial charge in [-0.15, -0.1) is 0 Å². The number of carbonyl (C=O) groups is 2. The zero-order valence-electron chi connectivity index (χ0n) is 10.6. The van der Waals surface area contributed by atoms with Crippen molar-refractivity contribution in [2.45, 2.75) is 6.54 Å². The summed E-state index contributed by atoms with van der Waals surface area (Å²) in [4.78, 5) is 22.9. The van der Waals surface area contributed by atoms with Gasteiger partial charge in [-0.05, 0) is 17.7 Å². The van der Waals surface area contributed by atoms with Crippen LogP contribution in [0.2, 0.25) is 0 Å². The van der Waals surface area contributed by atoms with Gasteiger partial charge in [0, 0.05) is 19.8 Å². The number of aromatic nitrogens is 2. The van der Waals surface area contributed by atoms with Gasteiger partial charge in [-0.3, -0.25) is 9.48 Å². The van der Waals surface area contributed by atoms with E-state index in [0.717, 1.165) is 0 Å². The minimum Gasteiger partial charge on any atom is -0.476 e. The predicted molar refractivity (Wildman–Crippen MR) is 67.7 cm³/mol. The van der Waals surface area contributed by atoms with Crippen molar-refractivity contribution in [2.75, 3.05) is 0 Å². The molecule has 0 aliphatic rings. The Balaban J connectivity index is 2.09. The fourth-order valence-corrected chi connectivity index (χ4v) is 1.69. The molecule has 0 radical (unpaired) electrons. The summed E-state index contributed by atoms with van der Waals surface area (Å²) in [6.07, 6.45) is 1.34. The van der Waals surface area contributed by atoms with Gasteiger partial charge in [0.2, 0.25) is 0 Å². The molecule has 1 heterocycles. The molecular weight excluding hydrogens is 265 g/mol. The molecule has 2 aromatic rings. The highest BCUT2D eigenvalue weighted by molar-refractivity contribution is 6.03. The first kappa shape index (κ1) is 13.7. The fourth-order valence-electron chi connectivity index (χ4n) is 1.69. The number of nitrogens with zero attached hydrogens (tertiary/aromatic N) is 2. The van der Waals surface area contributed by atoms with Crippen LogP contribution in [0, 0.1) is 5.82 Å². The lowest BCUT2D eigenvalue weighted by atomic mass is 10.2. The molecule has 0 saturated carbocycles. The Hall–Kier alpha value is -2.70. The number of carboxylic acid groups (broad SMARTS) is 1. The van der Waals surface area contributed by atoms with E-state index < -0.39 is 11.9 Å². The third kappa shape index (κ3) is 3.00. The van der Waals surface area contributed by atoms with Gasteiger partial charge in [-0.25, -0.2) is 9.18 Å². The zero-order valence-corrected chi connectivity index (χ0v) is 10.6. The van der Waals surface area contributed by atoms with Gasteiger partial charge in [-0.2, -0.15) is 5.10 Å². The third-order valence-electron chi connectivity index (χ3n) is 2.64. The second-order valence-corrected chi connectivity index (χ2v) is 4.18. The van der Waals surface area contributed by atoms with Gasteiger partial charge >= 0.3 is 5.97 Å². The fraction of sp³-hybridized carbons (Fsp3) is 0.154. The number of amides is 1. The van der Waals surface area contributed by atoms with Crippen LogP contribution in [0.5, 0.6) is 0 Å². The monoisotopic (exact) mass is 277 g/mol. The van der Waals surface area contributed by atoms with E-state index in [2.05, 4.69) is 10.4 Å². The molecule has 2 N–H and O–H groups in total. The molecule has 2 rings (SSSR count). The van der Waals surface area contributed by atoms with Gasteiger partial charge in [0.25, 0.3) is 5.91 Å². The van der Waals surface area contributed by atoms with Crippen molar-refractivity contribution >= 4 is 11.9 Å². The van der Waals surface area contributed by atoms with Crippen LogP contribution in [0.15, 0.2) is 30.5 Å². The van der Waals surface area contributed by atoms with E-state index in [1.54, 1.807) is 0 Å². The van der Waals surface area contributed by atoms with Crippen molar-refractivity contribution < 1.29 is 19.1 Å². The lowest BCUT2D eigenvalue weighted by Crippen LogP contribution is -2.24. The average Bonchev–Trinajstić information content (AvgIpc) is 2.80. The zero-order chi connectivity index (χ0) is 14.7. The van der Waals surface area contributed by atoms with Crippen LogP contribution in [-0.2, 0) is 13.6 Å². The Morgan fingerprint density at radius 1 is 1.35 bits per heavy atom. The lowest BCUT2D eigenvalue weighted by Gasteiger charge is -2.04. The molecule has 104 valence electrons. The molecule has 0 atom stereocenters. The number of benzene rings is 1. The SMILES string of the molecule is Cn1cc(C(=O)NCc2ccc(F)cc2)c(C(=O)O)n1. The molecule has 0 aliphatic carbocycles. The number of rotatable bonds is 4. The Bertz CT molecular complexity index is 649. The van der Waals surface area contributed by atoms with Gasteiger partial charge in [-0.1, -0.05) is 12.1 Å². The van der Waals surface area contributed by atoms with E-state index in [0.29, 0.717) is 5.56 Å². The Labute approximate surface area is 113 Å². The van der Waals surface area contributed by atoms with Crippen molar-refractivity contribution in [3.63, 3.8) is 0 Å². The quantitative estimate of drug-likeness (QED) is 0.879. The van der Waals surface area contributed by atoms with Crippen molar-refractivity contribution in [3.05, 3.63) is 53.1 Å². The predicted octanol–water partition coefficient (Wildman–Crippen LogP) is 1.19. The van der Waals surface area contributed by atoms with Crippen molar-refractivity contribution in [1.82, 2.24) is 15.1 Å². The number of aryl methyl sites for hydroxylation is 1. The first-order valence-corrected chi connectivity index (χ1v) is 5.77. The first-order valence-electron chi connectivity index (χ1n) is 5.77. The molecule has 0 fully saturated rings. The van der Waals surface area contributed by atoms with E-state index in [4.69, 9.17) is 5.11 Å². The first-order chi connectivity index (χ1) is 9.47. The topological polar surface area (TPSA) is 84.2 Å². The van der Waals surface area contributed by atoms with Crippen LogP contribution >= 0.6 is 0 Å². The number of hydrogen-bond acceptors (Lipinski definition) is 3. The molecule has 0 bridgehead atoms. The number of hydrogen-bond donors (Lipinski definition) is 2. The number of aromatic carboxylic acids is 1. The van der Waals surface area contributed by atoms with Crippen molar-refractivity contribution in [1.29, 1.82) is 0 Å². The second-order valence-electron chi connectivity index (χ2n) is 4.18. The van der Waals surface area contributed by atoms with E-state index in [9.17, 15) is 14.0 Å². The molecule has 6 nitrogen and oxygen atoms in total.